The van der Waals surface area contributed by atoms with Crippen LogP contribution in [0.3, 0.4) is 0 Å². The number of rotatable bonds is 7. The summed E-state index contributed by atoms with van der Waals surface area (Å²) in [6.07, 6.45) is 0.694. The maximum Gasteiger partial charge on any atom is 0.232 e. The fourth-order valence-corrected chi connectivity index (χ4v) is 2.21. The second kappa shape index (κ2) is 8.16. The Morgan fingerprint density at radius 1 is 1.23 bits per heavy atom. The third-order valence-corrected chi connectivity index (χ3v) is 3.38. The van der Waals surface area contributed by atoms with Crippen LogP contribution in [0.15, 0.2) is 42.5 Å². The number of nitrogens with one attached hydrogen (secondary N) is 1. The van der Waals surface area contributed by atoms with Crippen molar-refractivity contribution in [3.05, 3.63) is 59.3 Å². The minimum atomic E-state index is -0.123. The third-order valence-electron chi connectivity index (χ3n) is 3.38. The molecular weight excluding hydrogens is 274 g/mol. The highest BCUT2D eigenvalue weighted by Crippen LogP contribution is 2.25. The van der Waals surface area contributed by atoms with Crippen molar-refractivity contribution in [1.82, 2.24) is 10.3 Å². The molecule has 1 N–H and O–H groups in total. The summed E-state index contributed by atoms with van der Waals surface area (Å²) in [4.78, 5) is 4.37. The van der Waals surface area contributed by atoms with Gasteiger partial charge in [0.2, 0.25) is 5.88 Å². The van der Waals surface area contributed by atoms with Gasteiger partial charge in [0.25, 0.3) is 0 Å². The molecule has 0 amide bonds. The average molecular weight is 295 g/mol. The van der Waals surface area contributed by atoms with Crippen LogP contribution in [-0.2, 0) is 0 Å². The summed E-state index contributed by atoms with van der Waals surface area (Å²) < 4.78 is 6.08. The van der Waals surface area contributed by atoms with Gasteiger partial charge in [-0.15, -0.1) is 0 Å². The van der Waals surface area contributed by atoms with Crippen molar-refractivity contribution in [1.29, 1.82) is 5.26 Å². The number of aryl methyl sites for hydroxylation is 1. The lowest BCUT2D eigenvalue weighted by molar-refractivity contribution is 0.185. The van der Waals surface area contributed by atoms with Gasteiger partial charge < -0.3 is 10.1 Å². The molecule has 1 aromatic heterocycles. The predicted molar refractivity (Wildman–Crippen MR) is 86.7 cm³/mol. The molecule has 0 radical (unpaired) electrons. The number of ether oxygens (including phenoxy) is 1. The van der Waals surface area contributed by atoms with Gasteiger partial charge in [-0.1, -0.05) is 37.3 Å². The van der Waals surface area contributed by atoms with Gasteiger partial charge in [-0.3, -0.25) is 0 Å². The Hall–Kier alpha value is -2.38. The first-order valence-corrected chi connectivity index (χ1v) is 7.54. The van der Waals surface area contributed by atoms with Gasteiger partial charge >= 0.3 is 0 Å². The highest BCUT2D eigenvalue weighted by Gasteiger charge is 2.16. The summed E-state index contributed by atoms with van der Waals surface area (Å²) in [5.41, 5.74) is 2.40. The Labute approximate surface area is 131 Å². The number of nitrogens with zero attached hydrogens (tertiary/aromatic N) is 2. The Morgan fingerprint density at radius 3 is 2.68 bits per heavy atom. The third kappa shape index (κ3) is 4.31. The number of hydrogen-bond acceptors (Lipinski definition) is 4. The van der Waals surface area contributed by atoms with E-state index in [1.54, 1.807) is 6.07 Å². The first-order valence-electron chi connectivity index (χ1n) is 7.54. The minimum Gasteiger partial charge on any atom is -0.468 e. The van der Waals surface area contributed by atoms with Crippen molar-refractivity contribution in [2.75, 3.05) is 13.1 Å². The normalized spacial score (nSPS) is 11.7. The molecule has 0 unspecified atom stereocenters. The molecular formula is C18H21N3O. The lowest BCUT2D eigenvalue weighted by atomic mass is 10.1. The fourth-order valence-electron chi connectivity index (χ4n) is 2.21. The molecule has 0 aliphatic heterocycles. The van der Waals surface area contributed by atoms with Crippen LogP contribution in [0.1, 0.15) is 36.3 Å². The molecule has 0 fully saturated rings. The van der Waals surface area contributed by atoms with E-state index in [1.165, 1.54) is 0 Å². The van der Waals surface area contributed by atoms with Crippen molar-refractivity contribution in [2.45, 2.75) is 26.4 Å². The quantitative estimate of drug-likeness (QED) is 0.796. The standard InChI is InChI=1S/C18H21N3O/c1-3-20-12-11-17(15-7-5-4-6-8-15)22-18-16(13-19)10-9-14(2)21-18/h4-10,17,20H,3,11-12H2,1-2H3/t17-/m1/s1. The van der Waals surface area contributed by atoms with Crippen LogP contribution in [0.5, 0.6) is 5.88 Å². The summed E-state index contributed by atoms with van der Waals surface area (Å²) in [6.45, 7) is 5.75. The van der Waals surface area contributed by atoms with E-state index in [0.29, 0.717) is 11.4 Å². The van der Waals surface area contributed by atoms with Crippen molar-refractivity contribution < 1.29 is 4.74 Å². The number of aromatic nitrogens is 1. The van der Waals surface area contributed by atoms with Gasteiger partial charge in [-0.2, -0.15) is 5.26 Å². The van der Waals surface area contributed by atoms with Crippen LogP contribution >= 0.6 is 0 Å². The lowest BCUT2D eigenvalue weighted by Gasteiger charge is -2.20. The Balaban J connectivity index is 2.23. The van der Waals surface area contributed by atoms with Gasteiger partial charge in [-0.05, 0) is 37.7 Å². The van der Waals surface area contributed by atoms with E-state index in [1.807, 2.05) is 43.3 Å². The van der Waals surface area contributed by atoms with E-state index in [-0.39, 0.29) is 6.10 Å². The summed E-state index contributed by atoms with van der Waals surface area (Å²) >= 11 is 0. The number of pyridine rings is 1. The van der Waals surface area contributed by atoms with E-state index in [2.05, 4.69) is 23.3 Å². The van der Waals surface area contributed by atoms with Crippen LogP contribution in [0.2, 0.25) is 0 Å². The molecule has 2 aromatic rings. The average Bonchev–Trinajstić information content (AvgIpc) is 2.55. The summed E-state index contributed by atoms with van der Waals surface area (Å²) in [6, 6.07) is 15.8. The van der Waals surface area contributed by atoms with Crippen LogP contribution in [0.25, 0.3) is 0 Å². The van der Waals surface area contributed by atoms with Crippen LogP contribution < -0.4 is 10.1 Å². The Bertz CT molecular complexity index is 635. The largest absolute Gasteiger partial charge is 0.468 e. The van der Waals surface area contributed by atoms with E-state index in [4.69, 9.17) is 4.74 Å². The number of hydrogen-bond donors (Lipinski definition) is 1. The highest BCUT2D eigenvalue weighted by molar-refractivity contribution is 5.39. The summed E-state index contributed by atoms with van der Waals surface area (Å²) in [7, 11) is 0. The zero-order chi connectivity index (χ0) is 15.8. The molecule has 0 aliphatic carbocycles. The SMILES string of the molecule is CCNCC[C@@H](Oc1nc(C)ccc1C#N)c1ccccc1. The van der Waals surface area contributed by atoms with Crippen molar-refractivity contribution in [3.63, 3.8) is 0 Å². The van der Waals surface area contributed by atoms with Crippen LogP contribution in [0, 0.1) is 18.3 Å². The van der Waals surface area contributed by atoms with Crippen molar-refractivity contribution in [3.8, 4) is 11.9 Å². The van der Waals surface area contributed by atoms with Crippen LogP contribution in [0.4, 0.5) is 0 Å². The predicted octanol–water partition coefficient (Wildman–Crippen LogP) is 3.38. The highest BCUT2D eigenvalue weighted by atomic mass is 16.5. The smallest absolute Gasteiger partial charge is 0.232 e. The zero-order valence-corrected chi connectivity index (χ0v) is 13.0. The molecule has 1 atom stereocenters. The van der Waals surface area contributed by atoms with E-state index in [0.717, 1.165) is 30.8 Å². The minimum absolute atomic E-state index is 0.123. The van der Waals surface area contributed by atoms with E-state index >= 15 is 0 Å². The second-order valence-electron chi connectivity index (χ2n) is 5.08. The number of nitriles is 1. The molecule has 2 rings (SSSR count). The molecule has 0 saturated carbocycles. The summed E-state index contributed by atoms with van der Waals surface area (Å²) in [5.74, 6) is 0.410. The second-order valence-corrected chi connectivity index (χ2v) is 5.08. The molecule has 1 heterocycles. The maximum absolute atomic E-state index is 9.22. The van der Waals surface area contributed by atoms with Crippen molar-refractivity contribution in [2.24, 2.45) is 0 Å². The van der Waals surface area contributed by atoms with Gasteiger partial charge in [0.1, 0.15) is 17.7 Å². The molecule has 1 aromatic carbocycles. The summed E-state index contributed by atoms with van der Waals surface area (Å²) in [5, 5.41) is 12.5. The maximum atomic E-state index is 9.22. The van der Waals surface area contributed by atoms with Gasteiger partial charge in [0, 0.05) is 12.1 Å². The van der Waals surface area contributed by atoms with Gasteiger partial charge in [0.15, 0.2) is 0 Å². The number of benzene rings is 1. The first-order chi connectivity index (χ1) is 10.7. The monoisotopic (exact) mass is 295 g/mol. The fraction of sp³-hybridized carbons (Fsp3) is 0.333. The lowest BCUT2D eigenvalue weighted by Crippen LogP contribution is -2.20. The Morgan fingerprint density at radius 2 is 2.00 bits per heavy atom. The zero-order valence-electron chi connectivity index (χ0n) is 13.0. The molecule has 0 spiro atoms. The van der Waals surface area contributed by atoms with E-state index in [9.17, 15) is 5.26 Å². The van der Waals surface area contributed by atoms with Gasteiger partial charge in [-0.25, -0.2) is 4.98 Å². The molecule has 0 bridgehead atoms. The van der Waals surface area contributed by atoms with Crippen molar-refractivity contribution >= 4 is 0 Å². The molecule has 0 aliphatic rings. The first kappa shape index (κ1) is 16.0. The molecule has 4 heteroatoms. The molecule has 4 nitrogen and oxygen atoms in total. The Kier molecular flexibility index (Phi) is 5.93. The topological polar surface area (TPSA) is 57.9 Å². The molecule has 0 saturated heterocycles. The van der Waals surface area contributed by atoms with E-state index < -0.39 is 0 Å². The van der Waals surface area contributed by atoms with Gasteiger partial charge in [0.05, 0.1) is 0 Å². The van der Waals surface area contributed by atoms with Crippen LogP contribution in [-0.4, -0.2) is 18.1 Å². The molecule has 114 valence electrons. The molecule has 22 heavy (non-hydrogen) atoms.